The summed E-state index contributed by atoms with van der Waals surface area (Å²) in [5, 5.41) is 0. The lowest BCUT2D eigenvalue weighted by Crippen LogP contribution is -2.00. The van der Waals surface area contributed by atoms with Crippen LogP contribution in [0.4, 0.5) is 0 Å². The molecule has 0 aromatic heterocycles. The summed E-state index contributed by atoms with van der Waals surface area (Å²) in [6.45, 7) is 4.39. The van der Waals surface area contributed by atoms with Crippen molar-refractivity contribution in [2.75, 3.05) is 13.2 Å². The van der Waals surface area contributed by atoms with E-state index in [0.29, 0.717) is 12.8 Å². The summed E-state index contributed by atoms with van der Waals surface area (Å²) in [4.78, 5) is 19.2. The van der Waals surface area contributed by atoms with Crippen molar-refractivity contribution in [2.45, 2.75) is 117 Å². The minimum atomic E-state index is -4.60. The first-order valence-electron chi connectivity index (χ1n) is 11.5. The molecule has 2 N–H and O–H groups in total. The third-order valence-electron chi connectivity index (χ3n) is 4.71. The van der Waals surface area contributed by atoms with Gasteiger partial charge in [-0.05, 0) is 12.8 Å². The van der Waals surface area contributed by atoms with Gasteiger partial charge in [-0.15, -0.1) is 0 Å². The van der Waals surface area contributed by atoms with Gasteiger partial charge >= 0.3 is 15.6 Å². The average molecular weight is 459 g/mol. The van der Waals surface area contributed by atoms with Gasteiger partial charge in [0.15, 0.2) is 0 Å². The van der Waals surface area contributed by atoms with Crippen molar-refractivity contribution in [3.05, 3.63) is 0 Å². The summed E-state index contributed by atoms with van der Waals surface area (Å²) in [7, 11) is -9.20. The number of phosphoric acid groups is 2. The Balaban J connectivity index is 3.72. The van der Waals surface area contributed by atoms with E-state index in [1.807, 2.05) is 0 Å². The second-order valence-electron chi connectivity index (χ2n) is 7.63. The van der Waals surface area contributed by atoms with Crippen molar-refractivity contribution in [3.8, 4) is 0 Å². The molecular weight excluding hydrogens is 414 g/mol. The Kier molecular flexibility index (Phi) is 19.2. The molecule has 0 rings (SSSR count). The number of hydrogen-bond acceptors (Lipinski definition) is 5. The fourth-order valence-corrected chi connectivity index (χ4v) is 5.15. The van der Waals surface area contributed by atoms with Gasteiger partial charge in [0, 0.05) is 0 Å². The summed E-state index contributed by atoms with van der Waals surface area (Å²) < 4.78 is 37.5. The van der Waals surface area contributed by atoms with Crippen LogP contribution in [0.1, 0.15) is 117 Å². The third-order valence-corrected chi connectivity index (χ3v) is 7.38. The fraction of sp³-hybridized carbons (Fsp3) is 1.00. The zero-order chi connectivity index (χ0) is 21.8. The SMILES string of the molecule is CCCCCCCCCCOP(=O)(O)OP(=O)(O)OCCCCCCCCCC. The Morgan fingerprint density at radius 2 is 0.793 bits per heavy atom. The van der Waals surface area contributed by atoms with Gasteiger partial charge in [-0.1, -0.05) is 104 Å². The molecule has 29 heavy (non-hydrogen) atoms. The van der Waals surface area contributed by atoms with Crippen molar-refractivity contribution in [2.24, 2.45) is 0 Å². The Morgan fingerprint density at radius 1 is 0.517 bits per heavy atom. The van der Waals surface area contributed by atoms with Gasteiger partial charge in [-0.3, -0.25) is 9.05 Å². The van der Waals surface area contributed by atoms with Gasteiger partial charge in [-0.25, -0.2) is 9.13 Å². The quantitative estimate of drug-likeness (QED) is 0.128. The molecule has 0 aliphatic rings. The summed E-state index contributed by atoms with van der Waals surface area (Å²) in [6.07, 6.45) is 17.2. The highest BCUT2D eigenvalue weighted by Crippen LogP contribution is 2.60. The van der Waals surface area contributed by atoms with Crippen molar-refractivity contribution < 1.29 is 32.3 Å². The highest BCUT2D eigenvalue weighted by atomic mass is 31.3. The molecule has 0 aromatic rings. The number of rotatable bonds is 22. The molecule has 0 fully saturated rings. The first-order valence-corrected chi connectivity index (χ1v) is 14.5. The van der Waals surface area contributed by atoms with Crippen LogP contribution in [0.25, 0.3) is 0 Å². The number of unbranched alkanes of at least 4 members (excludes halogenated alkanes) is 14. The average Bonchev–Trinajstić information content (AvgIpc) is 2.64. The van der Waals surface area contributed by atoms with E-state index in [0.717, 1.165) is 38.5 Å². The molecule has 2 unspecified atom stereocenters. The van der Waals surface area contributed by atoms with Crippen molar-refractivity contribution in [1.82, 2.24) is 0 Å². The second-order valence-corrected chi connectivity index (χ2v) is 10.7. The second kappa shape index (κ2) is 19.0. The van der Waals surface area contributed by atoms with Gasteiger partial charge < -0.3 is 9.79 Å². The minimum Gasteiger partial charge on any atom is -0.302 e. The van der Waals surface area contributed by atoms with Crippen molar-refractivity contribution >= 4 is 15.6 Å². The molecule has 0 spiro atoms. The molecule has 0 aliphatic heterocycles. The van der Waals surface area contributed by atoms with Crippen molar-refractivity contribution in [1.29, 1.82) is 0 Å². The summed E-state index contributed by atoms with van der Waals surface area (Å²) >= 11 is 0. The van der Waals surface area contributed by atoms with E-state index in [1.165, 1.54) is 51.4 Å². The number of hydrogen-bond donors (Lipinski definition) is 2. The smallest absolute Gasteiger partial charge is 0.302 e. The molecule has 0 radical (unpaired) electrons. The van der Waals surface area contributed by atoms with Gasteiger partial charge in [0.05, 0.1) is 13.2 Å². The van der Waals surface area contributed by atoms with Crippen LogP contribution in [-0.4, -0.2) is 23.0 Å². The van der Waals surface area contributed by atoms with Gasteiger partial charge in [0.1, 0.15) is 0 Å². The molecule has 0 saturated carbocycles. The van der Waals surface area contributed by atoms with E-state index in [1.54, 1.807) is 0 Å². The normalized spacial score (nSPS) is 15.9. The monoisotopic (exact) mass is 458 g/mol. The van der Waals surface area contributed by atoms with Crippen LogP contribution >= 0.6 is 15.6 Å². The van der Waals surface area contributed by atoms with Crippen LogP contribution in [0.2, 0.25) is 0 Å². The summed E-state index contributed by atoms with van der Waals surface area (Å²) in [5.74, 6) is 0. The Hall–Kier alpha value is 0.260. The first-order chi connectivity index (χ1) is 13.8. The highest BCUT2D eigenvalue weighted by molar-refractivity contribution is 7.61. The Morgan fingerprint density at radius 3 is 1.10 bits per heavy atom. The van der Waals surface area contributed by atoms with Crippen LogP contribution in [0.5, 0.6) is 0 Å². The standard InChI is InChI=1S/C20H44O7P2/c1-3-5-7-9-11-13-15-17-19-25-28(21,22)27-29(23,24)26-20-18-16-14-12-10-8-6-4-2/h3-20H2,1-2H3,(H,21,22)(H,23,24). The molecule has 7 nitrogen and oxygen atoms in total. The summed E-state index contributed by atoms with van der Waals surface area (Å²) in [5.41, 5.74) is 0. The molecule has 0 saturated heterocycles. The van der Waals surface area contributed by atoms with Crippen molar-refractivity contribution in [3.63, 3.8) is 0 Å². The predicted octanol–water partition coefficient (Wildman–Crippen LogP) is 7.52. The largest absolute Gasteiger partial charge is 0.481 e. The maximum Gasteiger partial charge on any atom is 0.481 e. The molecule has 176 valence electrons. The fourth-order valence-electron chi connectivity index (χ4n) is 3.01. The maximum atomic E-state index is 11.8. The van der Waals surface area contributed by atoms with Gasteiger partial charge in [-0.2, -0.15) is 4.31 Å². The molecule has 0 aromatic carbocycles. The molecule has 0 aliphatic carbocycles. The van der Waals surface area contributed by atoms with E-state index >= 15 is 0 Å². The van der Waals surface area contributed by atoms with Crippen LogP contribution in [0.3, 0.4) is 0 Å². The molecule has 9 heteroatoms. The predicted molar refractivity (Wildman–Crippen MR) is 118 cm³/mol. The maximum absolute atomic E-state index is 11.8. The summed E-state index contributed by atoms with van der Waals surface area (Å²) in [6, 6.07) is 0. The van der Waals surface area contributed by atoms with Gasteiger partial charge in [0.2, 0.25) is 0 Å². The highest BCUT2D eigenvalue weighted by Gasteiger charge is 2.34. The lowest BCUT2D eigenvalue weighted by molar-refractivity contribution is 0.151. The molecule has 0 heterocycles. The van der Waals surface area contributed by atoms with Crippen LogP contribution in [-0.2, 0) is 22.5 Å². The molecule has 0 bridgehead atoms. The molecule has 0 amide bonds. The van der Waals surface area contributed by atoms with E-state index in [9.17, 15) is 18.9 Å². The van der Waals surface area contributed by atoms with E-state index < -0.39 is 15.6 Å². The Labute approximate surface area is 178 Å². The zero-order valence-electron chi connectivity index (χ0n) is 18.6. The first kappa shape index (κ1) is 29.3. The lowest BCUT2D eigenvalue weighted by atomic mass is 10.1. The third kappa shape index (κ3) is 21.3. The Bertz CT molecular complexity index is 420. The van der Waals surface area contributed by atoms with E-state index in [2.05, 4.69) is 18.2 Å². The number of phosphoric ester groups is 2. The molecular formula is C20H44O7P2. The topological polar surface area (TPSA) is 102 Å². The van der Waals surface area contributed by atoms with Gasteiger partial charge in [0.25, 0.3) is 0 Å². The van der Waals surface area contributed by atoms with Crippen LogP contribution in [0, 0.1) is 0 Å². The van der Waals surface area contributed by atoms with Crippen LogP contribution < -0.4 is 0 Å². The lowest BCUT2D eigenvalue weighted by Gasteiger charge is -2.16. The molecule has 2 atom stereocenters. The van der Waals surface area contributed by atoms with E-state index in [4.69, 9.17) is 9.05 Å². The minimum absolute atomic E-state index is 0.0147. The zero-order valence-corrected chi connectivity index (χ0v) is 20.3. The van der Waals surface area contributed by atoms with E-state index in [-0.39, 0.29) is 13.2 Å². The van der Waals surface area contributed by atoms with Crippen LogP contribution in [0.15, 0.2) is 0 Å².